The van der Waals surface area contributed by atoms with E-state index in [0.29, 0.717) is 17.6 Å². The molecule has 0 bridgehead atoms. The third-order valence-corrected chi connectivity index (χ3v) is 3.33. The number of benzene rings is 1. The van der Waals surface area contributed by atoms with Crippen molar-refractivity contribution in [1.82, 2.24) is 5.06 Å². The van der Waals surface area contributed by atoms with Crippen molar-refractivity contribution in [3.8, 4) is 0 Å². The summed E-state index contributed by atoms with van der Waals surface area (Å²) in [5.74, 6) is -3.21. The molecule has 11 heteroatoms. The zero-order chi connectivity index (χ0) is 18.0. The predicted molar refractivity (Wildman–Crippen MR) is 79.6 cm³/mol. The number of non-ortho nitro benzene ring substituents is 1. The van der Waals surface area contributed by atoms with Crippen LogP contribution in [0.5, 0.6) is 0 Å². The highest BCUT2D eigenvalue weighted by molar-refractivity contribution is 6.23. The molecule has 1 unspecified atom stereocenters. The average Bonchev–Trinajstić information content (AvgIpc) is 2.85. The van der Waals surface area contributed by atoms with Crippen LogP contribution in [0.2, 0.25) is 0 Å². The summed E-state index contributed by atoms with van der Waals surface area (Å²) in [6, 6.07) is 2.68. The van der Waals surface area contributed by atoms with Crippen LogP contribution in [-0.4, -0.2) is 34.6 Å². The zero-order valence-electron chi connectivity index (χ0n) is 12.2. The second-order valence-corrected chi connectivity index (χ2v) is 4.90. The molecule has 1 aliphatic rings. The minimum Gasteiger partial charge on any atom is -0.334 e. The monoisotopic (exact) mass is 331 g/mol. The minimum atomic E-state index is -1.60. The molecule has 1 saturated heterocycles. The van der Waals surface area contributed by atoms with Gasteiger partial charge in [0.2, 0.25) is 0 Å². The highest BCUT2D eigenvalue weighted by atomic mass is 16.7. The summed E-state index contributed by atoms with van der Waals surface area (Å²) in [7, 11) is 5.66. The first kappa shape index (κ1) is 17.1. The Morgan fingerprint density at radius 3 is 2.46 bits per heavy atom. The van der Waals surface area contributed by atoms with E-state index in [1.54, 1.807) is 0 Å². The molecule has 1 aliphatic heterocycles. The standard InChI is InChI=1S/C13H10BN3O7/c1-7-2-5-11(18)15(7)24-13(19)12(14)9-4-3-8(16(20)21)6-10(9)17(22)23/h3-4,6,12H,1-2,5H2. The van der Waals surface area contributed by atoms with Gasteiger partial charge < -0.3 is 4.84 Å². The average molecular weight is 331 g/mol. The molecule has 1 atom stereocenters. The van der Waals surface area contributed by atoms with Gasteiger partial charge in [-0.05, 0) is 12.5 Å². The molecule has 0 spiro atoms. The molecule has 122 valence electrons. The summed E-state index contributed by atoms with van der Waals surface area (Å²) < 4.78 is 0. The van der Waals surface area contributed by atoms with Crippen molar-refractivity contribution < 1.29 is 24.3 Å². The van der Waals surface area contributed by atoms with Gasteiger partial charge in [-0.25, -0.2) is 4.79 Å². The Kier molecular flexibility index (Phi) is 4.63. The van der Waals surface area contributed by atoms with Crippen LogP contribution in [0, 0.1) is 20.2 Å². The maximum Gasteiger partial charge on any atom is 0.331 e. The lowest BCUT2D eigenvalue weighted by Gasteiger charge is -2.19. The molecule has 24 heavy (non-hydrogen) atoms. The molecule has 1 amide bonds. The van der Waals surface area contributed by atoms with Crippen LogP contribution in [0.1, 0.15) is 24.2 Å². The van der Waals surface area contributed by atoms with Gasteiger partial charge in [0.25, 0.3) is 17.3 Å². The number of carbonyl (C=O) groups excluding carboxylic acids is 2. The fourth-order valence-corrected chi connectivity index (χ4v) is 2.09. The molecule has 1 fully saturated rings. The lowest BCUT2D eigenvalue weighted by Crippen LogP contribution is -2.30. The maximum absolute atomic E-state index is 12.0. The number of carbonyl (C=O) groups is 2. The van der Waals surface area contributed by atoms with Gasteiger partial charge in [-0.3, -0.25) is 25.0 Å². The Bertz CT molecular complexity index is 748. The molecule has 0 N–H and O–H groups in total. The highest BCUT2D eigenvalue weighted by Crippen LogP contribution is 2.31. The van der Waals surface area contributed by atoms with Gasteiger partial charge >= 0.3 is 5.97 Å². The molecule has 2 rings (SSSR count). The van der Waals surface area contributed by atoms with Crippen molar-refractivity contribution in [2.75, 3.05) is 0 Å². The van der Waals surface area contributed by atoms with Crippen molar-refractivity contribution in [2.45, 2.75) is 18.7 Å². The SMILES string of the molecule is [B]C(C(=O)ON1C(=C)CCC1=O)c1ccc([N+](=O)[O-])cc1[N+](=O)[O-]. The Morgan fingerprint density at radius 1 is 1.29 bits per heavy atom. The Labute approximate surface area is 136 Å². The molecule has 0 aliphatic carbocycles. The lowest BCUT2D eigenvalue weighted by atomic mass is 9.80. The second kappa shape index (κ2) is 6.48. The fraction of sp³-hybridized carbons (Fsp3) is 0.231. The number of hydrogen-bond acceptors (Lipinski definition) is 7. The first-order valence-electron chi connectivity index (χ1n) is 6.63. The summed E-state index contributed by atoms with van der Waals surface area (Å²) in [5.41, 5.74) is -1.22. The van der Waals surface area contributed by atoms with Gasteiger partial charge in [0.1, 0.15) is 0 Å². The van der Waals surface area contributed by atoms with E-state index in [4.69, 9.17) is 12.7 Å². The van der Waals surface area contributed by atoms with Crippen LogP contribution in [0.4, 0.5) is 11.4 Å². The number of nitro groups is 2. The molecule has 1 aromatic carbocycles. The highest BCUT2D eigenvalue weighted by Gasteiger charge is 2.32. The first-order chi connectivity index (χ1) is 11.2. The van der Waals surface area contributed by atoms with Gasteiger partial charge in [-0.1, -0.05) is 6.58 Å². The number of rotatable bonds is 5. The van der Waals surface area contributed by atoms with Gasteiger partial charge in [0.15, 0.2) is 0 Å². The number of amides is 1. The van der Waals surface area contributed by atoms with E-state index in [2.05, 4.69) is 6.58 Å². The lowest BCUT2D eigenvalue weighted by molar-refractivity contribution is -0.394. The van der Waals surface area contributed by atoms with E-state index in [0.717, 1.165) is 12.1 Å². The van der Waals surface area contributed by atoms with E-state index in [9.17, 15) is 29.8 Å². The van der Waals surface area contributed by atoms with Gasteiger partial charge in [-0.2, -0.15) is 0 Å². The van der Waals surface area contributed by atoms with Crippen LogP contribution in [0.15, 0.2) is 30.5 Å². The Hall–Kier alpha value is -3.24. The number of nitro benzene ring substituents is 2. The van der Waals surface area contributed by atoms with Crippen molar-refractivity contribution in [2.24, 2.45) is 0 Å². The topological polar surface area (TPSA) is 133 Å². The fourth-order valence-electron chi connectivity index (χ4n) is 2.09. The van der Waals surface area contributed by atoms with Crippen molar-refractivity contribution in [1.29, 1.82) is 0 Å². The molecule has 2 radical (unpaired) electrons. The minimum absolute atomic E-state index is 0.124. The summed E-state index contributed by atoms with van der Waals surface area (Å²) in [6.07, 6.45) is 0.443. The molecule has 0 aromatic heterocycles. The van der Waals surface area contributed by atoms with Gasteiger partial charge in [0.05, 0.1) is 35.3 Å². The quantitative estimate of drug-likeness (QED) is 0.451. The Morgan fingerprint density at radius 2 is 1.96 bits per heavy atom. The summed E-state index contributed by atoms with van der Waals surface area (Å²) in [5, 5.41) is 22.5. The van der Waals surface area contributed by atoms with Crippen LogP contribution in [0.25, 0.3) is 0 Å². The summed E-state index contributed by atoms with van der Waals surface area (Å²) >= 11 is 0. The largest absolute Gasteiger partial charge is 0.334 e. The van der Waals surface area contributed by atoms with Crippen molar-refractivity contribution in [3.63, 3.8) is 0 Å². The van der Waals surface area contributed by atoms with Crippen molar-refractivity contribution >= 4 is 31.1 Å². The number of allylic oxidation sites excluding steroid dienone is 1. The molecule has 1 aromatic rings. The summed E-state index contributed by atoms with van der Waals surface area (Å²) in [4.78, 5) is 48.5. The summed E-state index contributed by atoms with van der Waals surface area (Å²) in [6.45, 7) is 3.55. The third kappa shape index (κ3) is 3.24. The second-order valence-electron chi connectivity index (χ2n) is 4.90. The number of hydroxylamine groups is 2. The Balaban J connectivity index is 2.28. The van der Waals surface area contributed by atoms with Gasteiger partial charge in [-0.15, -0.1) is 5.06 Å². The molecular formula is C13H10BN3O7. The molecule has 1 heterocycles. The van der Waals surface area contributed by atoms with Crippen LogP contribution in [-0.2, 0) is 14.4 Å². The van der Waals surface area contributed by atoms with Crippen LogP contribution < -0.4 is 0 Å². The van der Waals surface area contributed by atoms with Gasteiger partial charge in [0, 0.05) is 18.1 Å². The predicted octanol–water partition coefficient (Wildman–Crippen LogP) is 1.31. The maximum atomic E-state index is 12.0. The molecule has 10 nitrogen and oxygen atoms in total. The van der Waals surface area contributed by atoms with E-state index >= 15 is 0 Å². The first-order valence-corrected chi connectivity index (χ1v) is 6.63. The molecule has 0 saturated carbocycles. The van der Waals surface area contributed by atoms with E-state index in [1.165, 1.54) is 0 Å². The normalized spacial score (nSPS) is 15.2. The van der Waals surface area contributed by atoms with E-state index in [-0.39, 0.29) is 17.7 Å². The molecular weight excluding hydrogens is 321 g/mol. The third-order valence-electron chi connectivity index (χ3n) is 3.33. The van der Waals surface area contributed by atoms with E-state index < -0.39 is 38.9 Å². The van der Waals surface area contributed by atoms with Crippen LogP contribution in [0.3, 0.4) is 0 Å². The number of nitrogens with zero attached hydrogens (tertiary/aromatic N) is 3. The van der Waals surface area contributed by atoms with Crippen LogP contribution >= 0.6 is 0 Å². The van der Waals surface area contributed by atoms with E-state index in [1.807, 2.05) is 0 Å². The smallest absolute Gasteiger partial charge is 0.331 e. The van der Waals surface area contributed by atoms with Crippen molar-refractivity contribution in [3.05, 3.63) is 56.3 Å². The number of hydrogen-bond donors (Lipinski definition) is 0. The zero-order valence-corrected chi connectivity index (χ0v) is 12.2.